The van der Waals surface area contributed by atoms with E-state index in [9.17, 15) is 9.59 Å². The molecule has 0 bridgehead atoms. The van der Waals surface area contributed by atoms with Crippen LogP contribution in [-0.4, -0.2) is 37.3 Å². The first-order valence-corrected chi connectivity index (χ1v) is 9.72. The zero-order chi connectivity index (χ0) is 20.9. The van der Waals surface area contributed by atoms with Gasteiger partial charge >= 0.3 is 0 Å². The van der Waals surface area contributed by atoms with Crippen LogP contribution in [0.3, 0.4) is 0 Å². The van der Waals surface area contributed by atoms with Gasteiger partial charge in [-0.2, -0.15) is 0 Å². The molecule has 3 aromatic rings. The number of anilines is 2. The van der Waals surface area contributed by atoms with E-state index in [2.05, 4.69) is 15.6 Å². The summed E-state index contributed by atoms with van der Waals surface area (Å²) in [6, 6.07) is 26.7. The Morgan fingerprint density at radius 2 is 1.57 bits per heavy atom. The van der Waals surface area contributed by atoms with Gasteiger partial charge in [-0.3, -0.25) is 9.59 Å². The molecule has 1 aliphatic heterocycles. The number of fused-ring (bicyclic) bond motifs is 1. The van der Waals surface area contributed by atoms with Crippen LogP contribution in [0, 0.1) is 0 Å². The largest absolute Gasteiger partial charge is 0.376 e. The molecule has 3 aromatic carbocycles. The number of likely N-dealkylation sites (N-methyl/N-ethyl adjacent to an activating group) is 1. The lowest BCUT2D eigenvalue weighted by Crippen LogP contribution is -2.47. The number of para-hydroxylation sites is 2. The first-order valence-electron chi connectivity index (χ1n) is 9.72. The molecule has 0 radical (unpaired) electrons. The van der Waals surface area contributed by atoms with Crippen molar-refractivity contribution in [1.29, 1.82) is 0 Å². The standard InChI is InChI=1S/C24H22N4O2/c1-28-20-15-9-8-14-19(20)22(17-10-4-2-5-11-17)27-23(24(28)30)26-21(29)16-25-18-12-6-3-7-13-18/h2-15,23,25H,16H2,1H3,(H,26,29)/t23-/m0/s1. The molecule has 1 aliphatic rings. The zero-order valence-corrected chi connectivity index (χ0v) is 16.6. The lowest BCUT2D eigenvalue weighted by molar-refractivity contribution is -0.126. The predicted molar refractivity (Wildman–Crippen MR) is 119 cm³/mol. The van der Waals surface area contributed by atoms with Crippen molar-refractivity contribution >= 4 is 28.9 Å². The van der Waals surface area contributed by atoms with Crippen LogP contribution < -0.4 is 15.5 Å². The van der Waals surface area contributed by atoms with E-state index in [-0.39, 0.29) is 18.4 Å². The normalized spacial score (nSPS) is 15.6. The van der Waals surface area contributed by atoms with Crippen molar-refractivity contribution < 1.29 is 9.59 Å². The summed E-state index contributed by atoms with van der Waals surface area (Å²) >= 11 is 0. The van der Waals surface area contributed by atoms with Crippen molar-refractivity contribution in [3.8, 4) is 0 Å². The highest BCUT2D eigenvalue weighted by Gasteiger charge is 2.30. The lowest BCUT2D eigenvalue weighted by atomic mass is 10.0. The highest BCUT2D eigenvalue weighted by Crippen LogP contribution is 2.27. The van der Waals surface area contributed by atoms with Gasteiger partial charge in [-0.15, -0.1) is 0 Å². The van der Waals surface area contributed by atoms with Gasteiger partial charge in [0.2, 0.25) is 12.1 Å². The predicted octanol–water partition coefficient (Wildman–Crippen LogP) is 3.05. The van der Waals surface area contributed by atoms with Gasteiger partial charge in [0.1, 0.15) is 0 Å². The van der Waals surface area contributed by atoms with E-state index in [1.165, 1.54) is 0 Å². The molecule has 30 heavy (non-hydrogen) atoms. The number of hydrogen-bond acceptors (Lipinski definition) is 4. The highest BCUT2D eigenvalue weighted by molar-refractivity contribution is 6.20. The summed E-state index contributed by atoms with van der Waals surface area (Å²) in [6.45, 7) is 0.0423. The quantitative estimate of drug-likeness (QED) is 0.694. The Balaban J connectivity index is 1.62. The Hall–Kier alpha value is -3.93. The molecule has 6 heteroatoms. The number of carbonyl (C=O) groups excluding carboxylic acids is 2. The van der Waals surface area contributed by atoms with Crippen LogP contribution in [0.15, 0.2) is 89.9 Å². The Kier molecular flexibility index (Phi) is 5.57. The van der Waals surface area contributed by atoms with Crippen LogP contribution in [0.4, 0.5) is 11.4 Å². The van der Waals surface area contributed by atoms with Crippen LogP contribution in [0.2, 0.25) is 0 Å². The third-order valence-electron chi connectivity index (χ3n) is 4.92. The molecule has 150 valence electrons. The summed E-state index contributed by atoms with van der Waals surface area (Å²) in [6.07, 6.45) is -1.01. The molecule has 0 aliphatic carbocycles. The minimum atomic E-state index is -1.01. The van der Waals surface area contributed by atoms with Crippen molar-refractivity contribution in [2.45, 2.75) is 6.17 Å². The van der Waals surface area contributed by atoms with E-state index in [0.717, 1.165) is 22.5 Å². The van der Waals surface area contributed by atoms with E-state index in [4.69, 9.17) is 0 Å². The average Bonchev–Trinajstić information content (AvgIpc) is 2.90. The van der Waals surface area contributed by atoms with Crippen LogP contribution in [0.25, 0.3) is 0 Å². The summed E-state index contributed by atoms with van der Waals surface area (Å²) in [5, 5.41) is 5.81. The summed E-state index contributed by atoms with van der Waals surface area (Å²) in [5.41, 5.74) is 3.99. The first-order chi connectivity index (χ1) is 14.6. The number of hydrogen-bond donors (Lipinski definition) is 2. The van der Waals surface area contributed by atoms with Gasteiger partial charge in [0.05, 0.1) is 17.9 Å². The number of amides is 2. The Morgan fingerprint density at radius 3 is 2.30 bits per heavy atom. The van der Waals surface area contributed by atoms with Crippen molar-refractivity contribution in [3.05, 3.63) is 96.1 Å². The van der Waals surface area contributed by atoms with Crippen molar-refractivity contribution in [3.63, 3.8) is 0 Å². The molecule has 0 aromatic heterocycles. The third kappa shape index (κ3) is 4.07. The van der Waals surface area contributed by atoms with Crippen LogP contribution in [0.1, 0.15) is 11.1 Å². The summed E-state index contributed by atoms with van der Waals surface area (Å²) in [5.74, 6) is -0.603. The van der Waals surface area contributed by atoms with Crippen LogP contribution >= 0.6 is 0 Å². The van der Waals surface area contributed by atoms with Crippen LogP contribution in [0.5, 0.6) is 0 Å². The molecule has 0 unspecified atom stereocenters. The minimum absolute atomic E-state index is 0.0423. The lowest BCUT2D eigenvalue weighted by Gasteiger charge is -2.21. The second-order valence-electron chi connectivity index (χ2n) is 6.95. The third-order valence-corrected chi connectivity index (χ3v) is 4.92. The highest BCUT2D eigenvalue weighted by atomic mass is 16.2. The monoisotopic (exact) mass is 398 g/mol. The van der Waals surface area contributed by atoms with E-state index in [1.54, 1.807) is 11.9 Å². The van der Waals surface area contributed by atoms with E-state index >= 15 is 0 Å². The van der Waals surface area contributed by atoms with E-state index < -0.39 is 6.17 Å². The fourth-order valence-corrected chi connectivity index (χ4v) is 3.38. The maximum Gasteiger partial charge on any atom is 0.272 e. The molecule has 0 fully saturated rings. The van der Waals surface area contributed by atoms with Gasteiger partial charge < -0.3 is 15.5 Å². The molecule has 4 rings (SSSR count). The maximum absolute atomic E-state index is 13.1. The van der Waals surface area contributed by atoms with Gasteiger partial charge in [0.15, 0.2) is 0 Å². The molecule has 0 spiro atoms. The number of aliphatic imine (C=N–C) groups is 1. The van der Waals surface area contributed by atoms with E-state index in [0.29, 0.717) is 5.71 Å². The number of nitrogens with zero attached hydrogens (tertiary/aromatic N) is 2. The summed E-state index contributed by atoms with van der Waals surface area (Å²) < 4.78 is 0. The van der Waals surface area contributed by atoms with Crippen molar-refractivity contribution in [2.24, 2.45) is 4.99 Å². The second kappa shape index (κ2) is 8.61. The van der Waals surface area contributed by atoms with Gasteiger partial charge in [-0.1, -0.05) is 66.7 Å². The molecule has 2 amide bonds. The number of benzodiazepines with no additional fused rings is 1. The number of rotatable bonds is 5. The first kappa shape index (κ1) is 19.4. The molecule has 2 N–H and O–H groups in total. The zero-order valence-electron chi connectivity index (χ0n) is 16.6. The number of benzene rings is 3. The Labute approximate surface area is 175 Å². The average molecular weight is 398 g/mol. The number of nitrogens with one attached hydrogen (secondary N) is 2. The molecule has 1 heterocycles. The Bertz CT molecular complexity index is 1080. The fraction of sp³-hybridized carbons (Fsp3) is 0.125. The van der Waals surface area contributed by atoms with Gasteiger partial charge in [-0.05, 0) is 18.2 Å². The molecule has 0 saturated heterocycles. The molecule has 0 saturated carbocycles. The smallest absolute Gasteiger partial charge is 0.272 e. The van der Waals surface area contributed by atoms with Crippen LogP contribution in [-0.2, 0) is 9.59 Å². The van der Waals surface area contributed by atoms with Crippen molar-refractivity contribution in [1.82, 2.24) is 5.32 Å². The molecular formula is C24H22N4O2. The van der Waals surface area contributed by atoms with Gasteiger partial charge in [-0.25, -0.2) is 4.99 Å². The SMILES string of the molecule is CN1C(=O)[C@@H](NC(=O)CNc2ccccc2)N=C(c2ccccc2)c2ccccc21. The van der Waals surface area contributed by atoms with Gasteiger partial charge in [0, 0.05) is 23.9 Å². The maximum atomic E-state index is 13.1. The topological polar surface area (TPSA) is 73.8 Å². The van der Waals surface area contributed by atoms with Crippen molar-refractivity contribution in [2.75, 3.05) is 23.8 Å². The Morgan fingerprint density at radius 1 is 0.933 bits per heavy atom. The molecule has 6 nitrogen and oxygen atoms in total. The summed E-state index contributed by atoms with van der Waals surface area (Å²) in [7, 11) is 1.70. The van der Waals surface area contributed by atoms with E-state index in [1.807, 2.05) is 84.9 Å². The molecule has 1 atom stereocenters. The summed E-state index contributed by atoms with van der Waals surface area (Å²) in [4.78, 5) is 31.9. The number of carbonyl (C=O) groups is 2. The second-order valence-corrected chi connectivity index (χ2v) is 6.95. The minimum Gasteiger partial charge on any atom is -0.376 e. The molecular weight excluding hydrogens is 376 g/mol. The van der Waals surface area contributed by atoms with Gasteiger partial charge in [0.25, 0.3) is 5.91 Å². The fourth-order valence-electron chi connectivity index (χ4n) is 3.38.